The van der Waals surface area contributed by atoms with Gasteiger partial charge in [0.15, 0.2) is 5.78 Å². The summed E-state index contributed by atoms with van der Waals surface area (Å²) in [4.78, 5) is 18.6. The Morgan fingerprint density at radius 2 is 2.28 bits per heavy atom. The molecule has 0 bridgehead atoms. The molecule has 0 fully saturated rings. The number of anilines is 1. The van der Waals surface area contributed by atoms with E-state index in [2.05, 4.69) is 35.1 Å². The number of carbonyl (C=O) groups excluding carboxylic acids is 1. The van der Waals surface area contributed by atoms with E-state index in [4.69, 9.17) is 0 Å². The summed E-state index contributed by atoms with van der Waals surface area (Å²) in [6.45, 7) is 2.66. The number of likely N-dealkylation sites (N-methyl/N-ethyl adjacent to an activating group) is 1. The molecule has 1 aromatic carbocycles. The maximum atomic E-state index is 11.3. The highest BCUT2D eigenvalue weighted by Gasteiger charge is 2.17. The molecule has 0 spiro atoms. The lowest BCUT2D eigenvalue weighted by Gasteiger charge is -2.11. The summed E-state index contributed by atoms with van der Waals surface area (Å²) >= 11 is 1.47. The largest absolute Gasteiger partial charge is 0.374 e. The third kappa shape index (κ3) is 1.82. The molecule has 2 aromatic rings. The monoisotopic (exact) mass is 258 g/mol. The van der Waals surface area contributed by atoms with Crippen LogP contribution in [0.2, 0.25) is 0 Å². The van der Waals surface area contributed by atoms with Crippen molar-refractivity contribution in [3.63, 3.8) is 0 Å². The van der Waals surface area contributed by atoms with Crippen LogP contribution in [0.3, 0.4) is 0 Å². The van der Waals surface area contributed by atoms with E-state index in [0.717, 1.165) is 28.4 Å². The number of thiazole rings is 1. The van der Waals surface area contributed by atoms with Gasteiger partial charge in [0.25, 0.3) is 0 Å². The molecule has 1 aliphatic rings. The van der Waals surface area contributed by atoms with Crippen molar-refractivity contribution in [1.82, 2.24) is 4.98 Å². The van der Waals surface area contributed by atoms with E-state index in [1.54, 1.807) is 13.1 Å². The van der Waals surface area contributed by atoms with Crippen LogP contribution in [0.15, 0.2) is 24.4 Å². The Morgan fingerprint density at radius 3 is 3.00 bits per heavy atom. The number of hydrogen-bond donors (Lipinski definition) is 0. The molecule has 2 heterocycles. The Kier molecular flexibility index (Phi) is 2.67. The van der Waals surface area contributed by atoms with Gasteiger partial charge in [-0.05, 0) is 30.2 Å². The van der Waals surface area contributed by atoms with Crippen LogP contribution in [-0.2, 0) is 6.42 Å². The van der Waals surface area contributed by atoms with Gasteiger partial charge in [0.1, 0.15) is 5.01 Å². The first-order chi connectivity index (χ1) is 8.65. The van der Waals surface area contributed by atoms with Gasteiger partial charge in [0, 0.05) is 38.0 Å². The zero-order valence-electron chi connectivity index (χ0n) is 10.4. The number of benzene rings is 1. The van der Waals surface area contributed by atoms with Gasteiger partial charge in [-0.15, -0.1) is 11.3 Å². The second-order valence-electron chi connectivity index (χ2n) is 4.60. The zero-order valence-corrected chi connectivity index (χ0v) is 11.3. The van der Waals surface area contributed by atoms with E-state index >= 15 is 0 Å². The Hall–Kier alpha value is -1.68. The van der Waals surface area contributed by atoms with E-state index in [0.29, 0.717) is 0 Å². The highest BCUT2D eigenvalue weighted by molar-refractivity contribution is 7.16. The number of carbonyl (C=O) groups is 1. The molecule has 0 unspecified atom stereocenters. The van der Waals surface area contributed by atoms with E-state index in [1.807, 2.05) is 0 Å². The van der Waals surface area contributed by atoms with Crippen LogP contribution in [-0.4, -0.2) is 24.4 Å². The molecule has 3 rings (SSSR count). The van der Waals surface area contributed by atoms with Crippen molar-refractivity contribution in [3.05, 3.63) is 34.8 Å². The lowest BCUT2D eigenvalue weighted by molar-refractivity contribution is 0.102. The van der Waals surface area contributed by atoms with Gasteiger partial charge in [-0.1, -0.05) is 0 Å². The average molecular weight is 258 g/mol. The molecule has 0 saturated heterocycles. The second kappa shape index (κ2) is 4.21. The summed E-state index contributed by atoms with van der Waals surface area (Å²) in [5, 5.41) is 0.928. The summed E-state index contributed by atoms with van der Waals surface area (Å²) in [5.41, 5.74) is 3.79. The summed E-state index contributed by atoms with van der Waals surface area (Å²) < 4.78 is 0. The van der Waals surface area contributed by atoms with Crippen LogP contribution < -0.4 is 4.90 Å². The van der Waals surface area contributed by atoms with Crippen LogP contribution in [0.4, 0.5) is 5.69 Å². The molecule has 0 radical (unpaired) electrons. The van der Waals surface area contributed by atoms with Crippen molar-refractivity contribution in [1.29, 1.82) is 0 Å². The van der Waals surface area contributed by atoms with Crippen molar-refractivity contribution in [2.75, 3.05) is 18.5 Å². The summed E-state index contributed by atoms with van der Waals surface area (Å²) in [6.07, 6.45) is 2.76. The molecule has 3 nitrogen and oxygen atoms in total. The molecule has 0 atom stereocenters. The van der Waals surface area contributed by atoms with Gasteiger partial charge in [-0.3, -0.25) is 4.79 Å². The number of ketones is 1. The highest BCUT2D eigenvalue weighted by atomic mass is 32.1. The van der Waals surface area contributed by atoms with Crippen molar-refractivity contribution in [2.24, 2.45) is 0 Å². The molecule has 1 aromatic heterocycles. The first-order valence-electron chi connectivity index (χ1n) is 5.96. The van der Waals surface area contributed by atoms with Gasteiger partial charge in [0.2, 0.25) is 0 Å². The van der Waals surface area contributed by atoms with Gasteiger partial charge < -0.3 is 4.90 Å². The Morgan fingerprint density at radius 1 is 1.44 bits per heavy atom. The maximum Gasteiger partial charge on any atom is 0.171 e. The zero-order chi connectivity index (χ0) is 12.7. The fourth-order valence-electron chi connectivity index (χ4n) is 2.27. The summed E-state index contributed by atoms with van der Waals surface area (Å²) in [7, 11) is 2.11. The number of nitrogens with zero attached hydrogens (tertiary/aromatic N) is 2. The number of fused-ring (bicyclic) bond motifs is 1. The normalized spacial score (nSPS) is 13.8. The molecule has 0 aliphatic carbocycles. The molecule has 92 valence electrons. The van der Waals surface area contributed by atoms with Gasteiger partial charge >= 0.3 is 0 Å². The third-order valence-electron chi connectivity index (χ3n) is 3.31. The van der Waals surface area contributed by atoms with Gasteiger partial charge in [-0.2, -0.15) is 0 Å². The minimum absolute atomic E-state index is 0.0830. The molecular formula is C14H14N2OS. The van der Waals surface area contributed by atoms with Crippen LogP contribution in [0.1, 0.15) is 22.2 Å². The third-order valence-corrected chi connectivity index (χ3v) is 4.45. The first-order valence-corrected chi connectivity index (χ1v) is 6.78. The summed E-state index contributed by atoms with van der Waals surface area (Å²) in [6, 6.07) is 6.43. The molecule has 0 amide bonds. The first kappa shape index (κ1) is 11.4. The van der Waals surface area contributed by atoms with E-state index in [-0.39, 0.29) is 5.78 Å². The van der Waals surface area contributed by atoms with Crippen LogP contribution in [0.5, 0.6) is 0 Å². The Labute approximate surface area is 110 Å². The number of hydrogen-bond acceptors (Lipinski definition) is 4. The maximum absolute atomic E-state index is 11.3. The molecule has 0 N–H and O–H groups in total. The van der Waals surface area contributed by atoms with Crippen LogP contribution in [0.25, 0.3) is 10.6 Å². The van der Waals surface area contributed by atoms with Crippen LogP contribution >= 0.6 is 11.3 Å². The standard InChI is InChI=1S/C14H14N2OS/c1-9(17)13-8-15-14(18-13)11-3-4-12-10(7-11)5-6-16(12)2/h3-4,7-8H,5-6H2,1-2H3. The molecular weight excluding hydrogens is 244 g/mol. The molecule has 4 heteroatoms. The second-order valence-corrected chi connectivity index (χ2v) is 5.63. The van der Waals surface area contributed by atoms with Crippen LogP contribution in [0, 0.1) is 0 Å². The lowest BCUT2D eigenvalue weighted by Crippen LogP contribution is -2.12. The predicted molar refractivity (Wildman–Crippen MR) is 74.5 cm³/mol. The predicted octanol–water partition coefficient (Wildman–Crippen LogP) is 3.01. The van der Waals surface area contributed by atoms with E-state index in [1.165, 1.54) is 22.6 Å². The SMILES string of the molecule is CC(=O)c1cnc(-c2ccc3c(c2)CCN3C)s1. The Balaban J connectivity index is 1.99. The minimum atomic E-state index is 0.0830. The van der Waals surface area contributed by atoms with Crippen molar-refractivity contribution < 1.29 is 4.79 Å². The molecule has 0 saturated carbocycles. The molecule has 18 heavy (non-hydrogen) atoms. The van der Waals surface area contributed by atoms with E-state index in [9.17, 15) is 4.79 Å². The lowest BCUT2D eigenvalue weighted by atomic mass is 10.1. The topological polar surface area (TPSA) is 33.2 Å². The number of aromatic nitrogens is 1. The average Bonchev–Trinajstić information content (AvgIpc) is 2.96. The highest BCUT2D eigenvalue weighted by Crippen LogP contribution is 2.33. The van der Waals surface area contributed by atoms with Gasteiger partial charge in [-0.25, -0.2) is 4.98 Å². The van der Waals surface area contributed by atoms with Crippen molar-refractivity contribution in [3.8, 4) is 10.6 Å². The quantitative estimate of drug-likeness (QED) is 0.776. The fraction of sp³-hybridized carbons (Fsp3) is 0.286. The van der Waals surface area contributed by atoms with E-state index < -0.39 is 0 Å². The van der Waals surface area contributed by atoms with Gasteiger partial charge in [0.05, 0.1) is 4.88 Å². The smallest absolute Gasteiger partial charge is 0.171 e. The Bertz CT molecular complexity index is 618. The minimum Gasteiger partial charge on any atom is -0.374 e. The van der Waals surface area contributed by atoms with Crippen molar-refractivity contribution >= 4 is 22.8 Å². The number of rotatable bonds is 2. The molecule has 1 aliphatic heterocycles. The summed E-state index contributed by atoms with van der Waals surface area (Å²) in [5.74, 6) is 0.0830. The van der Waals surface area contributed by atoms with Crippen molar-refractivity contribution in [2.45, 2.75) is 13.3 Å². The number of Topliss-reactive ketones (excluding diaryl/α,β-unsaturated/α-hetero) is 1. The fourth-order valence-corrected chi connectivity index (χ4v) is 3.08.